The van der Waals surface area contributed by atoms with E-state index in [0.29, 0.717) is 12.0 Å². The van der Waals surface area contributed by atoms with Gasteiger partial charge in [0.05, 0.1) is 5.69 Å². The van der Waals surface area contributed by atoms with Crippen LogP contribution in [0.5, 0.6) is 0 Å². The van der Waals surface area contributed by atoms with Gasteiger partial charge in [0, 0.05) is 37.4 Å². The van der Waals surface area contributed by atoms with Crippen molar-refractivity contribution in [3.8, 4) is 0 Å². The summed E-state index contributed by atoms with van der Waals surface area (Å²) in [5.41, 5.74) is 2.54. The third kappa shape index (κ3) is 7.58. The largest absolute Gasteiger partial charge is 0.308 e. The van der Waals surface area contributed by atoms with Crippen LogP contribution >= 0.6 is 0 Å². The van der Waals surface area contributed by atoms with Crippen molar-refractivity contribution in [2.45, 2.75) is 73.1 Å². The minimum Gasteiger partial charge on any atom is -0.308 e. The van der Waals surface area contributed by atoms with Crippen molar-refractivity contribution in [3.05, 3.63) is 29.6 Å². The summed E-state index contributed by atoms with van der Waals surface area (Å²) in [6, 6.07) is 4.90. The molecule has 0 unspecified atom stereocenters. The monoisotopic (exact) mass is 291 g/mol. The third-order valence-corrected chi connectivity index (χ3v) is 3.40. The van der Waals surface area contributed by atoms with Crippen LogP contribution in [0.3, 0.4) is 0 Å². The maximum atomic E-state index is 4.63. The molecule has 0 atom stereocenters. The minimum absolute atomic E-state index is 0.143. The predicted octanol–water partition coefficient (Wildman–Crippen LogP) is 3.84. The summed E-state index contributed by atoms with van der Waals surface area (Å²) in [7, 11) is 0. The zero-order chi connectivity index (χ0) is 16.0. The first-order valence-corrected chi connectivity index (χ1v) is 8.10. The molecule has 1 aromatic heterocycles. The number of nitrogens with one attached hydrogen (secondary N) is 1. The lowest BCUT2D eigenvalue weighted by Gasteiger charge is -2.28. The summed E-state index contributed by atoms with van der Waals surface area (Å²) in [5.74, 6) is 0.683. The molecule has 1 rings (SSSR count). The van der Waals surface area contributed by atoms with Crippen LogP contribution in [0.2, 0.25) is 0 Å². The molecule has 0 saturated heterocycles. The Morgan fingerprint density at radius 3 is 2.24 bits per heavy atom. The van der Waals surface area contributed by atoms with Gasteiger partial charge in [0.2, 0.25) is 0 Å². The summed E-state index contributed by atoms with van der Waals surface area (Å²) in [4.78, 5) is 7.11. The molecular weight excluding hydrogens is 258 g/mol. The Balaban J connectivity index is 2.60. The molecular formula is C18H33N3. The van der Waals surface area contributed by atoms with Crippen LogP contribution in [-0.2, 0) is 13.1 Å². The van der Waals surface area contributed by atoms with Gasteiger partial charge in [0.1, 0.15) is 0 Å². The average molecular weight is 291 g/mol. The molecule has 0 saturated carbocycles. The van der Waals surface area contributed by atoms with Crippen molar-refractivity contribution >= 4 is 0 Å². The van der Waals surface area contributed by atoms with Crippen molar-refractivity contribution in [2.24, 2.45) is 5.92 Å². The van der Waals surface area contributed by atoms with Gasteiger partial charge in [0.25, 0.3) is 0 Å². The lowest BCUT2D eigenvalue weighted by molar-refractivity contribution is 0.187. The van der Waals surface area contributed by atoms with E-state index in [1.54, 1.807) is 0 Å². The number of hydrogen-bond donors (Lipinski definition) is 1. The summed E-state index contributed by atoms with van der Waals surface area (Å²) >= 11 is 0. The number of pyridine rings is 1. The van der Waals surface area contributed by atoms with Crippen LogP contribution < -0.4 is 5.32 Å². The average Bonchev–Trinajstić information content (AvgIpc) is 2.35. The van der Waals surface area contributed by atoms with Gasteiger partial charge in [-0.15, -0.1) is 0 Å². The molecule has 1 heterocycles. The van der Waals surface area contributed by atoms with Gasteiger partial charge in [-0.1, -0.05) is 19.9 Å². The number of rotatable bonds is 7. The standard InChI is InChI=1S/C18H33N3/c1-14(2)12-21(15(3)4)13-17-9-8-16(10-19-17)11-20-18(5,6)7/h8-10,14-15,20H,11-13H2,1-7H3. The topological polar surface area (TPSA) is 28.2 Å². The molecule has 120 valence electrons. The quantitative estimate of drug-likeness (QED) is 0.827. The number of hydrogen-bond acceptors (Lipinski definition) is 3. The predicted molar refractivity (Wildman–Crippen MR) is 91.2 cm³/mol. The van der Waals surface area contributed by atoms with E-state index < -0.39 is 0 Å². The molecule has 0 aliphatic heterocycles. The first-order valence-electron chi connectivity index (χ1n) is 8.10. The normalized spacial score (nSPS) is 12.7. The zero-order valence-electron chi connectivity index (χ0n) is 14.9. The van der Waals surface area contributed by atoms with E-state index in [0.717, 1.165) is 25.3 Å². The lowest BCUT2D eigenvalue weighted by Crippen LogP contribution is -2.35. The molecule has 0 amide bonds. The highest BCUT2D eigenvalue weighted by Crippen LogP contribution is 2.10. The van der Waals surface area contributed by atoms with Crippen molar-refractivity contribution in [3.63, 3.8) is 0 Å². The first-order chi connectivity index (χ1) is 9.67. The molecule has 0 radical (unpaired) electrons. The molecule has 21 heavy (non-hydrogen) atoms. The Bertz CT molecular complexity index is 401. The highest BCUT2D eigenvalue weighted by atomic mass is 15.2. The summed E-state index contributed by atoms with van der Waals surface area (Å²) < 4.78 is 0. The van der Waals surface area contributed by atoms with E-state index >= 15 is 0 Å². The van der Waals surface area contributed by atoms with Crippen LogP contribution in [0.15, 0.2) is 18.3 Å². The lowest BCUT2D eigenvalue weighted by atomic mass is 10.1. The SMILES string of the molecule is CC(C)CN(Cc1ccc(CNC(C)(C)C)cn1)C(C)C. The Morgan fingerprint density at radius 1 is 1.14 bits per heavy atom. The van der Waals surface area contributed by atoms with E-state index in [1.165, 1.54) is 5.56 Å². The van der Waals surface area contributed by atoms with Crippen LogP contribution in [0.4, 0.5) is 0 Å². The van der Waals surface area contributed by atoms with E-state index in [9.17, 15) is 0 Å². The molecule has 0 bridgehead atoms. The van der Waals surface area contributed by atoms with Gasteiger partial charge >= 0.3 is 0 Å². The van der Waals surface area contributed by atoms with E-state index in [4.69, 9.17) is 0 Å². The second-order valence-corrected chi connectivity index (χ2v) is 7.68. The second-order valence-electron chi connectivity index (χ2n) is 7.68. The fourth-order valence-corrected chi connectivity index (χ4v) is 2.16. The van der Waals surface area contributed by atoms with Crippen LogP contribution in [0, 0.1) is 5.92 Å². The highest BCUT2D eigenvalue weighted by molar-refractivity contribution is 5.14. The van der Waals surface area contributed by atoms with Crippen LogP contribution in [-0.4, -0.2) is 28.0 Å². The van der Waals surface area contributed by atoms with Gasteiger partial charge in [-0.3, -0.25) is 9.88 Å². The second kappa shape index (κ2) is 7.90. The zero-order valence-corrected chi connectivity index (χ0v) is 14.9. The summed E-state index contributed by atoms with van der Waals surface area (Å²) in [6.07, 6.45) is 2.00. The van der Waals surface area contributed by atoms with Crippen molar-refractivity contribution in [1.29, 1.82) is 0 Å². The molecule has 0 spiro atoms. The molecule has 0 aromatic carbocycles. The van der Waals surface area contributed by atoms with Crippen LogP contribution in [0.25, 0.3) is 0 Å². The van der Waals surface area contributed by atoms with Crippen molar-refractivity contribution in [2.75, 3.05) is 6.54 Å². The van der Waals surface area contributed by atoms with Gasteiger partial charge < -0.3 is 5.32 Å². The van der Waals surface area contributed by atoms with Gasteiger partial charge in [-0.05, 0) is 52.2 Å². The van der Waals surface area contributed by atoms with E-state index in [2.05, 4.69) is 75.8 Å². The van der Waals surface area contributed by atoms with E-state index in [-0.39, 0.29) is 5.54 Å². The maximum absolute atomic E-state index is 4.63. The Labute approximate surface area is 131 Å². The highest BCUT2D eigenvalue weighted by Gasteiger charge is 2.13. The number of aromatic nitrogens is 1. The fraction of sp³-hybridized carbons (Fsp3) is 0.722. The molecule has 0 aliphatic carbocycles. The molecule has 1 N–H and O–H groups in total. The summed E-state index contributed by atoms with van der Waals surface area (Å²) in [6.45, 7) is 18.5. The third-order valence-electron chi connectivity index (χ3n) is 3.40. The van der Waals surface area contributed by atoms with Crippen molar-refractivity contribution in [1.82, 2.24) is 15.2 Å². The molecule has 0 aliphatic rings. The Hall–Kier alpha value is -0.930. The van der Waals surface area contributed by atoms with E-state index in [1.807, 2.05) is 6.20 Å². The maximum Gasteiger partial charge on any atom is 0.0544 e. The van der Waals surface area contributed by atoms with Crippen molar-refractivity contribution < 1.29 is 0 Å². The fourth-order valence-electron chi connectivity index (χ4n) is 2.16. The van der Waals surface area contributed by atoms with Gasteiger partial charge in [-0.2, -0.15) is 0 Å². The number of nitrogens with zero attached hydrogens (tertiary/aromatic N) is 2. The molecule has 0 fully saturated rings. The summed E-state index contributed by atoms with van der Waals surface area (Å²) in [5, 5.41) is 3.49. The first kappa shape index (κ1) is 18.1. The molecule has 3 heteroatoms. The van der Waals surface area contributed by atoms with Crippen LogP contribution in [0.1, 0.15) is 59.7 Å². The Kier molecular flexibility index (Phi) is 6.82. The molecule has 1 aromatic rings. The van der Waals surface area contributed by atoms with Gasteiger partial charge in [-0.25, -0.2) is 0 Å². The smallest absolute Gasteiger partial charge is 0.0544 e. The molecule has 3 nitrogen and oxygen atoms in total. The minimum atomic E-state index is 0.143. The Morgan fingerprint density at radius 2 is 1.81 bits per heavy atom. The van der Waals surface area contributed by atoms with Gasteiger partial charge in [0.15, 0.2) is 0 Å².